The predicted molar refractivity (Wildman–Crippen MR) is 76.7 cm³/mol. The van der Waals surface area contributed by atoms with Gasteiger partial charge in [0.15, 0.2) is 0 Å². The van der Waals surface area contributed by atoms with Crippen molar-refractivity contribution < 1.29 is 13.5 Å². The van der Waals surface area contributed by atoms with Crippen LogP contribution in [0, 0.1) is 0 Å². The van der Waals surface area contributed by atoms with E-state index in [0.29, 0.717) is 29.4 Å². The number of hydrogen-bond donors (Lipinski definition) is 2. The molecule has 0 fully saturated rings. The summed E-state index contributed by atoms with van der Waals surface area (Å²) in [5.74, 6) is 0.687. The van der Waals surface area contributed by atoms with Gasteiger partial charge in [0.1, 0.15) is 5.75 Å². The van der Waals surface area contributed by atoms with E-state index in [4.69, 9.17) is 10.5 Å². The fourth-order valence-electron chi connectivity index (χ4n) is 1.86. The van der Waals surface area contributed by atoms with Gasteiger partial charge in [-0.25, -0.2) is 8.78 Å². The topological polar surface area (TPSA) is 47.3 Å². The lowest BCUT2D eigenvalue weighted by atomic mass is 10.1. The molecule has 0 atom stereocenters. The molecule has 0 bridgehead atoms. The molecule has 2 aromatic carbocycles. The van der Waals surface area contributed by atoms with Gasteiger partial charge in [0.2, 0.25) is 0 Å². The molecule has 0 radical (unpaired) electrons. The lowest BCUT2D eigenvalue weighted by molar-refractivity contribution is 0.152. The SMILES string of the molecule is CCOc1cccc(Nc2ccc(N)cc2C(F)F)c1. The van der Waals surface area contributed by atoms with E-state index in [0.717, 1.165) is 0 Å². The van der Waals surface area contributed by atoms with E-state index in [9.17, 15) is 8.78 Å². The average molecular weight is 278 g/mol. The van der Waals surface area contributed by atoms with Crippen molar-refractivity contribution in [1.82, 2.24) is 0 Å². The van der Waals surface area contributed by atoms with Gasteiger partial charge in [0, 0.05) is 28.7 Å². The predicted octanol–water partition coefficient (Wildman–Crippen LogP) is 4.35. The Hall–Kier alpha value is -2.30. The summed E-state index contributed by atoms with van der Waals surface area (Å²) in [6.07, 6.45) is -2.59. The average Bonchev–Trinajstić information content (AvgIpc) is 2.41. The second kappa shape index (κ2) is 6.23. The zero-order valence-electron chi connectivity index (χ0n) is 11.1. The molecule has 0 aliphatic carbocycles. The molecule has 3 nitrogen and oxygen atoms in total. The minimum absolute atomic E-state index is 0.119. The molecule has 0 aromatic heterocycles. The molecule has 5 heteroatoms. The number of benzene rings is 2. The minimum Gasteiger partial charge on any atom is -0.494 e. The van der Waals surface area contributed by atoms with Gasteiger partial charge < -0.3 is 15.8 Å². The van der Waals surface area contributed by atoms with Crippen molar-refractivity contribution in [1.29, 1.82) is 0 Å². The van der Waals surface area contributed by atoms with E-state index in [1.54, 1.807) is 30.3 Å². The summed E-state index contributed by atoms with van der Waals surface area (Å²) in [5, 5.41) is 2.96. The van der Waals surface area contributed by atoms with Gasteiger partial charge in [0.25, 0.3) is 6.43 Å². The Morgan fingerprint density at radius 1 is 1.20 bits per heavy atom. The van der Waals surface area contributed by atoms with Crippen LogP contribution in [0.2, 0.25) is 0 Å². The zero-order chi connectivity index (χ0) is 14.5. The van der Waals surface area contributed by atoms with E-state index in [1.807, 2.05) is 13.0 Å². The second-order valence-corrected chi connectivity index (χ2v) is 4.23. The van der Waals surface area contributed by atoms with Crippen LogP contribution in [0.5, 0.6) is 5.75 Å². The number of alkyl halides is 2. The first-order chi connectivity index (χ1) is 9.60. The van der Waals surface area contributed by atoms with Crippen LogP contribution in [0.3, 0.4) is 0 Å². The molecule has 0 saturated carbocycles. The van der Waals surface area contributed by atoms with Crippen LogP contribution in [0.4, 0.5) is 25.8 Å². The number of halogens is 2. The molecule has 0 amide bonds. The maximum atomic E-state index is 13.0. The highest BCUT2D eigenvalue weighted by Crippen LogP contribution is 2.31. The van der Waals surface area contributed by atoms with E-state index in [2.05, 4.69) is 5.32 Å². The molecule has 0 aliphatic rings. The molecule has 3 N–H and O–H groups in total. The summed E-state index contributed by atoms with van der Waals surface area (Å²) in [7, 11) is 0. The highest BCUT2D eigenvalue weighted by molar-refractivity contribution is 5.67. The Balaban J connectivity index is 2.27. The highest BCUT2D eigenvalue weighted by atomic mass is 19.3. The summed E-state index contributed by atoms with van der Waals surface area (Å²) in [6.45, 7) is 2.43. The molecular weight excluding hydrogens is 262 g/mol. The fraction of sp³-hybridized carbons (Fsp3) is 0.200. The summed E-state index contributed by atoms with van der Waals surface area (Å²) in [4.78, 5) is 0. The monoisotopic (exact) mass is 278 g/mol. The van der Waals surface area contributed by atoms with Gasteiger partial charge in [-0.2, -0.15) is 0 Å². The maximum Gasteiger partial charge on any atom is 0.265 e. The minimum atomic E-state index is -2.59. The van der Waals surface area contributed by atoms with Crippen molar-refractivity contribution >= 4 is 17.1 Å². The van der Waals surface area contributed by atoms with Crippen molar-refractivity contribution in [3.05, 3.63) is 48.0 Å². The highest BCUT2D eigenvalue weighted by Gasteiger charge is 2.13. The third-order valence-corrected chi connectivity index (χ3v) is 2.73. The lowest BCUT2D eigenvalue weighted by Crippen LogP contribution is -1.99. The van der Waals surface area contributed by atoms with Crippen LogP contribution in [0.25, 0.3) is 0 Å². The standard InChI is InChI=1S/C15H16F2N2O/c1-2-20-12-5-3-4-11(9-12)19-14-7-6-10(18)8-13(14)15(16)17/h3-9,15,19H,2,18H2,1H3. The van der Waals surface area contributed by atoms with Crippen molar-refractivity contribution in [2.75, 3.05) is 17.7 Å². The van der Waals surface area contributed by atoms with E-state index in [1.165, 1.54) is 6.07 Å². The van der Waals surface area contributed by atoms with Crippen LogP contribution < -0.4 is 15.8 Å². The molecule has 20 heavy (non-hydrogen) atoms. The third kappa shape index (κ3) is 3.38. The van der Waals surface area contributed by atoms with E-state index < -0.39 is 6.43 Å². The number of anilines is 3. The largest absolute Gasteiger partial charge is 0.494 e. The van der Waals surface area contributed by atoms with Crippen LogP contribution >= 0.6 is 0 Å². The van der Waals surface area contributed by atoms with Crippen molar-refractivity contribution in [2.24, 2.45) is 0 Å². The normalized spacial score (nSPS) is 10.6. The Labute approximate surface area is 116 Å². The maximum absolute atomic E-state index is 13.0. The summed E-state index contributed by atoms with van der Waals surface area (Å²) in [5.41, 5.74) is 6.76. The second-order valence-electron chi connectivity index (χ2n) is 4.23. The molecule has 0 spiro atoms. The van der Waals surface area contributed by atoms with Gasteiger partial charge in [-0.05, 0) is 37.3 Å². The summed E-state index contributed by atoms with van der Waals surface area (Å²) >= 11 is 0. The quantitative estimate of drug-likeness (QED) is 0.799. The fourth-order valence-corrected chi connectivity index (χ4v) is 1.86. The zero-order valence-corrected chi connectivity index (χ0v) is 11.1. The number of hydrogen-bond acceptors (Lipinski definition) is 3. The first-order valence-electron chi connectivity index (χ1n) is 6.27. The summed E-state index contributed by atoms with van der Waals surface area (Å²) in [6, 6.07) is 11.6. The first kappa shape index (κ1) is 14.1. The number of rotatable bonds is 5. The smallest absolute Gasteiger partial charge is 0.265 e. The molecule has 0 aliphatic heterocycles. The molecule has 0 saturated heterocycles. The van der Waals surface area contributed by atoms with Gasteiger partial charge in [0.05, 0.1) is 6.61 Å². The number of nitrogens with two attached hydrogens (primary N) is 1. The molecule has 0 heterocycles. The Kier molecular flexibility index (Phi) is 4.40. The van der Waals surface area contributed by atoms with E-state index >= 15 is 0 Å². The molecule has 0 unspecified atom stereocenters. The lowest BCUT2D eigenvalue weighted by Gasteiger charge is -2.13. The number of ether oxygens (including phenoxy) is 1. The van der Waals surface area contributed by atoms with Gasteiger partial charge in [-0.3, -0.25) is 0 Å². The number of nitrogens with one attached hydrogen (secondary N) is 1. The van der Waals surface area contributed by atoms with Crippen LogP contribution in [0.1, 0.15) is 18.9 Å². The van der Waals surface area contributed by atoms with E-state index in [-0.39, 0.29) is 5.56 Å². The molecule has 106 valence electrons. The molecule has 2 aromatic rings. The Morgan fingerprint density at radius 3 is 2.70 bits per heavy atom. The van der Waals surface area contributed by atoms with Crippen molar-refractivity contribution in [3.8, 4) is 5.75 Å². The Bertz CT molecular complexity index is 588. The van der Waals surface area contributed by atoms with Gasteiger partial charge in [-0.1, -0.05) is 6.07 Å². The van der Waals surface area contributed by atoms with Crippen molar-refractivity contribution in [3.63, 3.8) is 0 Å². The van der Waals surface area contributed by atoms with Crippen LogP contribution in [-0.2, 0) is 0 Å². The van der Waals surface area contributed by atoms with Gasteiger partial charge in [-0.15, -0.1) is 0 Å². The van der Waals surface area contributed by atoms with Crippen LogP contribution in [-0.4, -0.2) is 6.61 Å². The van der Waals surface area contributed by atoms with Crippen molar-refractivity contribution in [2.45, 2.75) is 13.3 Å². The van der Waals surface area contributed by atoms with Crippen LogP contribution in [0.15, 0.2) is 42.5 Å². The summed E-state index contributed by atoms with van der Waals surface area (Å²) < 4.78 is 31.4. The Morgan fingerprint density at radius 2 is 2.00 bits per heavy atom. The van der Waals surface area contributed by atoms with Gasteiger partial charge >= 0.3 is 0 Å². The first-order valence-corrected chi connectivity index (χ1v) is 6.27. The molecule has 2 rings (SSSR count). The number of nitrogen functional groups attached to an aromatic ring is 1. The third-order valence-electron chi connectivity index (χ3n) is 2.73. The molecular formula is C15H16F2N2O.